The highest BCUT2D eigenvalue weighted by Gasteiger charge is 2.19. The lowest BCUT2D eigenvalue weighted by atomic mass is 9.84. The van der Waals surface area contributed by atoms with Crippen molar-refractivity contribution in [1.29, 1.82) is 0 Å². The minimum absolute atomic E-state index is 0.0351. The fourth-order valence-corrected chi connectivity index (χ4v) is 1.29. The summed E-state index contributed by atoms with van der Waals surface area (Å²) in [6.45, 7) is 8.07. The number of methoxy groups -OCH3 is 1. The Morgan fingerprint density at radius 3 is 2.46 bits per heavy atom. The Hall–Kier alpha value is -1.24. The van der Waals surface area contributed by atoms with Crippen LogP contribution in [0.15, 0.2) is 36.9 Å². The van der Waals surface area contributed by atoms with Gasteiger partial charge in [0, 0.05) is 11.0 Å². The van der Waals surface area contributed by atoms with Crippen molar-refractivity contribution in [3.8, 4) is 5.75 Å². The second-order valence-corrected chi connectivity index (χ2v) is 3.63. The maximum Gasteiger partial charge on any atom is 0.122 e. The number of benzene rings is 1. The molecule has 1 nitrogen and oxygen atoms in total. The van der Waals surface area contributed by atoms with E-state index in [2.05, 4.69) is 26.5 Å². The molecule has 0 aliphatic carbocycles. The van der Waals surface area contributed by atoms with E-state index in [9.17, 15) is 0 Å². The molecule has 0 heterocycles. The fourth-order valence-electron chi connectivity index (χ4n) is 1.29. The van der Waals surface area contributed by atoms with Crippen molar-refractivity contribution in [2.45, 2.75) is 19.3 Å². The van der Waals surface area contributed by atoms with Gasteiger partial charge in [0.05, 0.1) is 7.11 Å². The van der Waals surface area contributed by atoms with E-state index in [-0.39, 0.29) is 5.41 Å². The maximum absolute atomic E-state index is 5.29. The molecule has 0 fully saturated rings. The zero-order valence-electron chi connectivity index (χ0n) is 8.50. The van der Waals surface area contributed by atoms with Gasteiger partial charge >= 0.3 is 0 Å². The SMILES string of the molecule is C=CC(C)(C)c1ccccc1OC. The average molecular weight is 176 g/mol. The van der Waals surface area contributed by atoms with Crippen molar-refractivity contribution in [3.05, 3.63) is 42.5 Å². The van der Waals surface area contributed by atoms with Gasteiger partial charge in [-0.1, -0.05) is 38.1 Å². The van der Waals surface area contributed by atoms with Crippen LogP contribution >= 0.6 is 0 Å². The lowest BCUT2D eigenvalue weighted by molar-refractivity contribution is 0.402. The molecule has 0 aromatic heterocycles. The van der Waals surface area contributed by atoms with E-state index in [1.54, 1.807) is 7.11 Å². The number of ether oxygens (including phenoxy) is 1. The van der Waals surface area contributed by atoms with Gasteiger partial charge < -0.3 is 4.74 Å². The number of para-hydroxylation sites is 1. The molecule has 1 aromatic carbocycles. The molecule has 1 rings (SSSR count). The van der Waals surface area contributed by atoms with Crippen LogP contribution < -0.4 is 4.74 Å². The third kappa shape index (κ3) is 1.92. The van der Waals surface area contributed by atoms with E-state index < -0.39 is 0 Å². The van der Waals surface area contributed by atoms with Crippen LogP contribution in [0.2, 0.25) is 0 Å². The molecule has 0 amide bonds. The minimum atomic E-state index is -0.0351. The molecule has 13 heavy (non-hydrogen) atoms. The molecule has 0 aliphatic rings. The van der Waals surface area contributed by atoms with E-state index in [0.29, 0.717) is 0 Å². The highest BCUT2D eigenvalue weighted by Crippen LogP contribution is 2.31. The Balaban J connectivity index is 3.20. The molecule has 0 aliphatic heterocycles. The lowest BCUT2D eigenvalue weighted by Gasteiger charge is -2.22. The van der Waals surface area contributed by atoms with Gasteiger partial charge in [-0.15, -0.1) is 6.58 Å². The first-order chi connectivity index (χ1) is 6.11. The Labute approximate surface area is 80.0 Å². The molecular weight excluding hydrogens is 160 g/mol. The quantitative estimate of drug-likeness (QED) is 0.643. The summed E-state index contributed by atoms with van der Waals surface area (Å²) in [4.78, 5) is 0. The van der Waals surface area contributed by atoms with Gasteiger partial charge in [-0.3, -0.25) is 0 Å². The van der Waals surface area contributed by atoms with Crippen LogP contribution in [-0.4, -0.2) is 7.11 Å². The summed E-state index contributed by atoms with van der Waals surface area (Å²) < 4.78 is 5.29. The molecule has 1 aromatic rings. The molecule has 0 spiro atoms. The molecule has 1 heteroatoms. The molecule has 0 atom stereocenters. The number of hydrogen-bond donors (Lipinski definition) is 0. The third-order valence-corrected chi connectivity index (χ3v) is 2.31. The summed E-state index contributed by atoms with van der Waals surface area (Å²) in [5.74, 6) is 0.924. The first kappa shape index (κ1) is 9.85. The van der Waals surface area contributed by atoms with Crippen molar-refractivity contribution >= 4 is 0 Å². The molecule has 0 saturated heterocycles. The van der Waals surface area contributed by atoms with Gasteiger partial charge in [0.15, 0.2) is 0 Å². The van der Waals surface area contributed by atoms with Gasteiger partial charge in [0.1, 0.15) is 5.75 Å². The van der Waals surface area contributed by atoms with Crippen LogP contribution in [0, 0.1) is 0 Å². The normalized spacial score (nSPS) is 11.0. The zero-order chi connectivity index (χ0) is 9.90. The maximum atomic E-state index is 5.29. The van der Waals surface area contributed by atoms with Gasteiger partial charge in [-0.05, 0) is 6.07 Å². The first-order valence-electron chi connectivity index (χ1n) is 4.39. The second-order valence-electron chi connectivity index (χ2n) is 3.63. The Morgan fingerprint density at radius 1 is 1.31 bits per heavy atom. The van der Waals surface area contributed by atoms with Crippen LogP contribution in [0.25, 0.3) is 0 Å². The third-order valence-electron chi connectivity index (χ3n) is 2.31. The van der Waals surface area contributed by atoms with Crippen molar-refractivity contribution in [2.75, 3.05) is 7.11 Å². The number of allylic oxidation sites excluding steroid dienone is 1. The van der Waals surface area contributed by atoms with Crippen LogP contribution in [0.5, 0.6) is 5.75 Å². The minimum Gasteiger partial charge on any atom is -0.496 e. The van der Waals surface area contributed by atoms with Gasteiger partial charge in [0.2, 0.25) is 0 Å². The summed E-state index contributed by atoms with van der Waals surface area (Å²) in [6.07, 6.45) is 1.94. The van der Waals surface area contributed by atoms with Gasteiger partial charge in [-0.2, -0.15) is 0 Å². The van der Waals surface area contributed by atoms with Crippen molar-refractivity contribution in [2.24, 2.45) is 0 Å². The van der Waals surface area contributed by atoms with E-state index in [1.165, 1.54) is 5.56 Å². The Kier molecular flexibility index (Phi) is 2.76. The summed E-state index contributed by atoms with van der Waals surface area (Å²) in [6, 6.07) is 8.03. The number of rotatable bonds is 3. The largest absolute Gasteiger partial charge is 0.496 e. The highest BCUT2D eigenvalue weighted by molar-refractivity contribution is 5.41. The van der Waals surface area contributed by atoms with Crippen LogP contribution in [-0.2, 0) is 5.41 Å². The van der Waals surface area contributed by atoms with Gasteiger partial charge in [-0.25, -0.2) is 0 Å². The summed E-state index contributed by atoms with van der Waals surface area (Å²) in [5, 5.41) is 0. The van der Waals surface area contributed by atoms with Crippen LogP contribution in [0.1, 0.15) is 19.4 Å². The van der Waals surface area contributed by atoms with Crippen molar-refractivity contribution < 1.29 is 4.74 Å². The van der Waals surface area contributed by atoms with Crippen molar-refractivity contribution in [1.82, 2.24) is 0 Å². The molecule has 0 radical (unpaired) electrons. The predicted octanol–water partition coefficient (Wildman–Crippen LogP) is 3.16. The summed E-state index contributed by atoms with van der Waals surface area (Å²) in [7, 11) is 1.69. The van der Waals surface area contributed by atoms with Crippen LogP contribution in [0.4, 0.5) is 0 Å². The van der Waals surface area contributed by atoms with E-state index >= 15 is 0 Å². The zero-order valence-corrected chi connectivity index (χ0v) is 8.50. The van der Waals surface area contributed by atoms with Crippen molar-refractivity contribution in [3.63, 3.8) is 0 Å². The monoisotopic (exact) mass is 176 g/mol. The smallest absolute Gasteiger partial charge is 0.122 e. The molecule has 0 saturated carbocycles. The summed E-state index contributed by atoms with van der Waals surface area (Å²) in [5.41, 5.74) is 1.14. The highest BCUT2D eigenvalue weighted by atomic mass is 16.5. The lowest BCUT2D eigenvalue weighted by Crippen LogP contribution is -2.14. The summed E-state index contributed by atoms with van der Waals surface area (Å²) >= 11 is 0. The average Bonchev–Trinajstić information content (AvgIpc) is 2.18. The Morgan fingerprint density at radius 2 is 1.92 bits per heavy atom. The van der Waals surface area contributed by atoms with E-state index in [1.807, 2.05) is 24.3 Å². The molecule has 0 unspecified atom stereocenters. The second kappa shape index (κ2) is 3.65. The number of hydrogen-bond acceptors (Lipinski definition) is 1. The standard InChI is InChI=1S/C12H16O/c1-5-12(2,3)10-8-6-7-9-11(10)13-4/h5-9H,1H2,2-4H3. The topological polar surface area (TPSA) is 9.23 Å². The predicted molar refractivity (Wildman–Crippen MR) is 56.2 cm³/mol. The van der Waals surface area contributed by atoms with Crippen LogP contribution in [0.3, 0.4) is 0 Å². The van der Waals surface area contributed by atoms with Gasteiger partial charge in [0.25, 0.3) is 0 Å². The van der Waals surface area contributed by atoms with E-state index in [0.717, 1.165) is 5.75 Å². The fraction of sp³-hybridized carbons (Fsp3) is 0.333. The van der Waals surface area contributed by atoms with E-state index in [4.69, 9.17) is 4.74 Å². The molecule has 0 N–H and O–H groups in total. The first-order valence-corrected chi connectivity index (χ1v) is 4.39. The Bertz CT molecular complexity index is 300. The molecule has 70 valence electrons. The molecular formula is C12H16O. The molecule has 0 bridgehead atoms.